The molecular formula is C19H19N3O3S. The monoisotopic (exact) mass is 369 g/mol. The number of rotatable bonds is 4. The molecule has 0 aliphatic carbocycles. The van der Waals surface area contributed by atoms with Gasteiger partial charge in [-0.2, -0.15) is 5.10 Å². The summed E-state index contributed by atoms with van der Waals surface area (Å²) in [4.78, 5) is 27.2. The fourth-order valence-electron chi connectivity index (χ4n) is 3.49. The second-order valence-corrected chi connectivity index (χ2v) is 7.58. The molecule has 1 amide bonds. The summed E-state index contributed by atoms with van der Waals surface area (Å²) < 4.78 is 1.92. The van der Waals surface area contributed by atoms with Crippen LogP contribution in [-0.2, 0) is 11.3 Å². The largest absolute Gasteiger partial charge is 0.480 e. The fraction of sp³-hybridized carbons (Fsp3) is 0.316. The molecule has 0 radical (unpaired) electrons. The molecule has 4 rings (SSSR count). The zero-order valence-corrected chi connectivity index (χ0v) is 15.2. The summed E-state index contributed by atoms with van der Waals surface area (Å²) >= 11 is 1.39. The first kappa shape index (κ1) is 16.8. The van der Waals surface area contributed by atoms with Crippen LogP contribution in [0, 0.1) is 6.92 Å². The topological polar surface area (TPSA) is 75.4 Å². The number of nitrogens with zero attached hydrogens (tertiary/aromatic N) is 3. The summed E-state index contributed by atoms with van der Waals surface area (Å²) in [6.07, 6.45) is 1.25. The van der Waals surface area contributed by atoms with E-state index in [2.05, 4.69) is 5.10 Å². The van der Waals surface area contributed by atoms with E-state index >= 15 is 0 Å². The van der Waals surface area contributed by atoms with Crippen molar-refractivity contribution < 1.29 is 14.7 Å². The van der Waals surface area contributed by atoms with Crippen molar-refractivity contribution in [1.29, 1.82) is 0 Å². The minimum absolute atomic E-state index is 0.193. The SMILES string of the molecule is Cc1nn(Cc2ccccc2)c2sc(C(=O)N3CCC[C@H]3C(=O)O)cc12. The maximum absolute atomic E-state index is 12.9. The number of benzene rings is 1. The Morgan fingerprint density at radius 1 is 1.31 bits per heavy atom. The Bertz CT molecular complexity index is 977. The maximum atomic E-state index is 12.9. The van der Waals surface area contributed by atoms with Crippen LogP contribution >= 0.6 is 11.3 Å². The predicted molar refractivity (Wildman–Crippen MR) is 99.6 cm³/mol. The van der Waals surface area contributed by atoms with Crippen LogP contribution in [0.25, 0.3) is 10.2 Å². The van der Waals surface area contributed by atoms with Gasteiger partial charge in [-0.3, -0.25) is 9.48 Å². The van der Waals surface area contributed by atoms with Gasteiger partial charge in [-0.05, 0) is 31.4 Å². The normalized spacial score (nSPS) is 17.1. The van der Waals surface area contributed by atoms with Crippen LogP contribution in [0.15, 0.2) is 36.4 Å². The van der Waals surface area contributed by atoms with E-state index in [4.69, 9.17) is 0 Å². The molecule has 134 valence electrons. The summed E-state index contributed by atoms with van der Waals surface area (Å²) in [5, 5.41) is 14.9. The highest BCUT2D eigenvalue weighted by Crippen LogP contribution is 2.31. The van der Waals surface area contributed by atoms with E-state index in [1.165, 1.54) is 16.2 Å². The molecule has 7 heteroatoms. The highest BCUT2D eigenvalue weighted by atomic mass is 32.1. The number of thiophene rings is 1. The molecule has 1 saturated heterocycles. The zero-order chi connectivity index (χ0) is 18.3. The number of aryl methyl sites for hydroxylation is 1. The molecule has 0 saturated carbocycles. The molecule has 1 aromatic carbocycles. The molecule has 6 nitrogen and oxygen atoms in total. The van der Waals surface area contributed by atoms with Crippen molar-refractivity contribution in [2.75, 3.05) is 6.54 Å². The number of aromatic nitrogens is 2. The van der Waals surface area contributed by atoms with Gasteiger partial charge in [0.2, 0.25) is 0 Å². The summed E-state index contributed by atoms with van der Waals surface area (Å²) in [5.41, 5.74) is 2.02. The minimum atomic E-state index is -0.927. The van der Waals surface area contributed by atoms with Gasteiger partial charge >= 0.3 is 5.97 Å². The van der Waals surface area contributed by atoms with Crippen molar-refractivity contribution in [3.05, 3.63) is 52.5 Å². The zero-order valence-electron chi connectivity index (χ0n) is 14.4. The van der Waals surface area contributed by atoms with Gasteiger partial charge in [0, 0.05) is 11.9 Å². The average Bonchev–Trinajstić information content (AvgIpc) is 3.33. The first-order chi connectivity index (χ1) is 12.5. The number of carbonyl (C=O) groups is 2. The average molecular weight is 369 g/mol. The number of carbonyl (C=O) groups excluding carboxylic acids is 1. The van der Waals surface area contributed by atoms with Crippen LogP contribution in [0.4, 0.5) is 0 Å². The predicted octanol–water partition coefficient (Wildman–Crippen LogP) is 3.14. The van der Waals surface area contributed by atoms with Crippen LogP contribution < -0.4 is 0 Å². The lowest BCUT2D eigenvalue weighted by Gasteiger charge is -2.20. The van der Waals surface area contributed by atoms with Crippen molar-refractivity contribution in [2.45, 2.75) is 32.4 Å². The Balaban J connectivity index is 1.66. The molecule has 26 heavy (non-hydrogen) atoms. The Kier molecular flexibility index (Phi) is 4.24. The number of likely N-dealkylation sites (tertiary alicyclic amines) is 1. The minimum Gasteiger partial charge on any atom is -0.480 e. The number of aliphatic carboxylic acids is 1. The van der Waals surface area contributed by atoms with Crippen LogP contribution in [0.1, 0.15) is 33.8 Å². The number of amides is 1. The maximum Gasteiger partial charge on any atom is 0.326 e. The van der Waals surface area contributed by atoms with Gasteiger partial charge in [-0.1, -0.05) is 30.3 Å². The van der Waals surface area contributed by atoms with Crippen LogP contribution in [0.3, 0.4) is 0 Å². The molecule has 0 unspecified atom stereocenters. The molecule has 2 aromatic heterocycles. The van der Waals surface area contributed by atoms with E-state index < -0.39 is 12.0 Å². The van der Waals surface area contributed by atoms with Crippen molar-refractivity contribution >= 4 is 33.4 Å². The van der Waals surface area contributed by atoms with E-state index in [9.17, 15) is 14.7 Å². The molecular weight excluding hydrogens is 350 g/mol. The first-order valence-corrected chi connectivity index (χ1v) is 9.41. The van der Waals surface area contributed by atoms with Gasteiger partial charge in [0.1, 0.15) is 10.9 Å². The van der Waals surface area contributed by atoms with Gasteiger partial charge in [-0.25, -0.2) is 4.79 Å². The van der Waals surface area contributed by atoms with Crippen LogP contribution in [-0.4, -0.2) is 44.3 Å². The second-order valence-electron chi connectivity index (χ2n) is 6.55. The summed E-state index contributed by atoms with van der Waals surface area (Å²) in [6, 6.07) is 11.2. The Hall–Kier alpha value is -2.67. The van der Waals surface area contributed by atoms with Crippen LogP contribution in [0.5, 0.6) is 0 Å². The highest BCUT2D eigenvalue weighted by Gasteiger charge is 2.35. The second kappa shape index (κ2) is 6.57. The van der Waals surface area contributed by atoms with Crippen molar-refractivity contribution in [3.63, 3.8) is 0 Å². The number of carboxylic acids is 1. The molecule has 1 aliphatic heterocycles. The molecule has 1 N–H and O–H groups in total. The van der Waals surface area contributed by atoms with E-state index in [-0.39, 0.29) is 5.91 Å². The quantitative estimate of drug-likeness (QED) is 0.767. The van der Waals surface area contributed by atoms with Crippen molar-refractivity contribution in [3.8, 4) is 0 Å². The van der Waals surface area contributed by atoms with Crippen molar-refractivity contribution in [1.82, 2.24) is 14.7 Å². The lowest BCUT2D eigenvalue weighted by molar-refractivity contribution is -0.141. The van der Waals surface area contributed by atoms with Crippen molar-refractivity contribution in [2.24, 2.45) is 0 Å². The molecule has 3 heterocycles. The summed E-state index contributed by atoms with van der Waals surface area (Å²) in [6.45, 7) is 3.07. The van der Waals surface area contributed by atoms with Gasteiger partial charge < -0.3 is 10.0 Å². The molecule has 3 aromatic rings. The number of carboxylic acid groups (broad SMARTS) is 1. The third-order valence-corrected chi connectivity index (χ3v) is 5.93. The highest BCUT2D eigenvalue weighted by molar-refractivity contribution is 7.20. The smallest absolute Gasteiger partial charge is 0.326 e. The standard InChI is InChI=1S/C19H19N3O3S/c1-12-14-10-16(17(23)21-9-5-8-15(21)19(24)25)26-18(14)22(20-12)11-13-6-3-2-4-7-13/h2-4,6-7,10,15H,5,8-9,11H2,1H3,(H,24,25)/t15-/m0/s1. The lowest BCUT2D eigenvalue weighted by Crippen LogP contribution is -2.40. The molecule has 0 spiro atoms. The number of hydrogen-bond acceptors (Lipinski definition) is 4. The summed E-state index contributed by atoms with van der Waals surface area (Å²) in [5.74, 6) is -1.12. The van der Waals surface area contributed by atoms with E-state index in [0.29, 0.717) is 24.4 Å². The third-order valence-electron chi connectivity index (χ3n) is 4.79. The van der Waals surface area contributed by atoms with Gasteiger partial charge in [0.25, 0.3) is 5.91 Å². The number of fused-ring (bicyclic) bond motifs is 1. The summed E-state index contributed by atoms with van der Waals surface area (Å²) in [7, 11) is 0. The van der Waals surface area contributed by atoms with E-state index in [1.807, 2.05) is 48.0 Å². The van der Waals surface area contributed by atoms with E-state index in [1.54, 1.807) is 0 Å². The lowest BCUT2D eigenvalue weighted by atomic mass is 10.2. The Morgan fingerprint density at radius 2 is 2.08 bits per heavy atom. The molecule has 1 aliphatic rings. The Morgan fingerprint density at radius 3 is 2.81 bits per heavy atom. The molecule has 1 fully saturated rings. The first-order valence-electron chi connectivity index (χ1n) is 8.59. The van der Waals surface area contributed by atoms with Crippen LogP contribution in [0.2, 0.25) is 0 Å². The fourth-order valence-corrected chi connectivity index (χ4v) is 4.61. The van der Waals surface area contributed by atoms with Gasteiger partial charge in [0.15, 0.2) is 0 Å². The Labute approximate surface area is 154 Å². The van der Waals surface area contributed by atoms with E-state index in [0.717, 1.165) is 27.9 Å². The van der Waals surface area contributed by atoms with Gasteiger partial charge in [0.05, 0.1) is 17.1 Å². The third kappa shape index (κ3) is 2.88. The molecule has 0 bridgehead atoms. The number of hydrogen-bond donors (Lipinski definition) is 1. The molecule has 1 atom stereocenters. The van der Waals surface area contributed by atoms with Gasteiger partial charge in [-0.15, -0.1) is 11.3 Å².